The number of aliphatic imine (C=N–C) groups is 1. The van der Waals surface area contributed by atoms with Gasteiger partial charge >= 0.3 is 0 Å². The highest BCUT2D eigenvalue weighted by atomic mass is 127. The van der Waals surface area contributed by atoms with Crippen molar-refractivity contribution in [3.05, 3.63) is 51.2 Å². The first kappa shape index (κ1) is 26.5. The summed E-state index contributed by atoms with van der Waals surface area (Å²) in [6, 6.07) is 11.1. The third-order valence-electron chi connectivity index (χ3n) is 3.91. The Morgan fingerprint density at radius 3 is 2.70 bits per heavy atom. The zero-order valence-corrected chi connectivity index (χ0v) is 21.1. The molecule has 0 bridgehead atoms. The summed E-state index contributed by atoms with van der Waals surface area (Å²) in [4.78, 5) is 18.5. The second-order valence-corrected chi connectivity index (χ2v) is 8.20. The van der Waals surface area contributed by atoms with E-state index in [0.717, 1.165) is 10.4 Å². The molecular formula is C20H28ClIN4O3S. The highest BCUT2D eigenvalue weighted by molar-refractivity contribution is 14.0. The van der Waals surface area contributed by atoms with Crippen molar-refractivity contribution in [3.63, 3.8) is 0 Å². The number of amides is 1. The lowest BCUT2D eigenvalue weighted by molar-refractivity contribution is -0.130. The van der Waals surface area contributed by atoms with Gasteiger partial charge in [-0.2, -0.15) is 0 Å². The SMILES string of the molecule is CCNC(=NCc1cccc(OCC(=O)N(C)C)c1)NCC(O)c1ccc(Cl)s1.I. The van der Waals surface area contributed by atoms with Crippen LogP contribution in [0.2, 0.25) is 4.34 Å². The van der Waals surface area contributed by atoms with Crippen molar-refractivity contribution in [2.45, 2.75) is 19.6 Å². The number of nitrogens with one attached hydrogen (secondary N) is 2. The second kappa shape index (κ2) is 13.7. The van der Waals surface area contributed by atoms with Crippen molar-refractivity contribution in [3.8, 4) is 5.75 Å². The van der Waals surface area contributed by atoms with Crippen LogP contribution < -0.4 is 15.4 Å². The summed E-state index contributed by atoms with van der Waals surface area (Å²) >= 11 is 7.28. The number of aliphatic hydroxyl groups excluding tert-OH is 1. The molecule has 1 heterocycles. The minimum Gasteiger partial charge on any atom is -0.484 e. The summed E-state index contributed by atoms with van der Waals surface area (Å²) in [5.74, 6) is 1.12. The maximum Gasteiger partial charge on any atom is 0.259 e. The fraction of sp³-hybridized carbons (Fsp3) is 0.400. The predicted octanol–water partition coefficient (Wildman–Crippen LogP) is 3.28. The molecule has 1 unspecified atom stereocenters. The van der Waals surface area contributed by atoms with E-state index in [2.05, 4.69) is 15.6 Å². The highest BCUT2D eigenvalue weighted by Gasteiger charge is 2.11. The Balaban J connectivity index is 0.00000450. The van der Waals surface area contributed by atoms with Crippen molar-refractivity contribution in [1.82, 2.24) is 15.5 Å². The Bertz CT molecular complexity index is 832. The van der Waals surface area contributed by atoms with Crippen LogP contribution in [0.4, 0.5) is 0 Å². The van der Waals surface area contributed by atoms with Crippen LogP contribution in [-0.2, 0) is 11.3 Å². The Morgan fingerprint density at radius 1 is 1.30 bits per heavy atom. The molecule has 1 amide bonds. The van der Waals surface area contributed by atoms with Crippen molar-refractivity contribution < 1.29 is 14.6 Å². The minimum absolute atomic E-state index is 0. The monoisotopic (exact) mass is 566 g/mol. The van der Waals surface area contributed by atoms with Crippen LogP contribution in [0, 0.1) is 0 Å². The summed E-state index contributed by atoms with van der Waals surface area (Å²) in [6.45, 7) is 3.41. The molecule has 0 fully saturated rings. The number of hydrogen-bond donors (Lipinski definition) is 3. The van der Waals surface area contributed by atoms with Crippen LogP contribution in [-0.4, -0.2) is 55.7 Å². The van der Waals surface area contributed by atoms with E-state index in [-0.39, 0.29) is 36.5 Å². The average molecular weight is 567 g/mol. The highest BCUT2D eigenvalue weighted by Crippen LogP contribution is 2.26. The number of guanidine groups is 1. The van der Waals surface area contributed by atoms with E-state index in [4.69, 9.17) is 16.3 Å². The molecule has 7 nitrogen and oxygen atoms in total. The number of aliphatic hydroxyl groups is 1. The fourth-order valence-electron chi connectivity index (χ4n) is 2.32. The molecule has 0 saturated heterocycles. The van der Waals surface area contributed by atoms with Crippen LogP contribution >= 0.6 is 46.9 Å². The van der Waals surface area contributed by atoms with E-state index in [0.29, 0.717) is 35.7 Å². The van der Waals surface area contributed by atoms with Crippen molar-refractivity contribution in [2.75, 3.05) is 33.8 Å². The molecule has 0 spiro atoms. The zero-order chi connectivity index (χ0) is 21.2. The number of likely N-dealkylation sites (N-methyl/N-ethyl adjacent to an activating group) is 1. The summed E-state index contributed by atoms with van der Waals surface area (Å²) in [5, 5.41) is 16.6. The van der Waals surface area contributed by atoms with Gasteiger partial charge in [0.05, 0.1) is 10.9 Å². The first-order chi connectivity index (χ1) is 13.9. The summed E-state index contributed by atoms with van der Waals surface area (Å²) in [5.41, 5.74) is 0.947. The van der Waals surface area contributed by atoms with Crippen molar-refractivity contribution in [1.29, 1.82) is 0 Å². The molecule has 1 atom stereocenters. The Kier molecular flexibility index (Phi) is 12.1. The van der Waals surface area contributed by atoms with Gasteiger partial charge in [0.2, 0.25) is 0 Å². The zero-order valence-electron chi connectivity index (χ0n) is 17.2. The number of nitrogens with zero attached hydrogens (tertiary/aromatic N) is 2. The topological polar surface area (TPSA) is 86.2 Å². The fourth-order valence-corrected chi connectivity index (χ4v) is 3.37. The quantitative estimate of drug-likeness (QED) is 0.246. The number of halogens is 2. The third kappa shape index (κ3) is 9.07. The van der Waals surface area contributed by atoms with E-state index in [1.165, 1.54) is 16.2 Å². The van der Waals surface area contributed by atoms with Crippen LogP contribution in [0.15, 0.2) is 41.4 Å². The molecule has 0 aliphatic carbocycles. The molecule has 0 radical (unpaired) electrons. The van der Waals surface area contributed by atoms with Crippen molar-refractivity contribution in [2.24, 2.45) is 4.99 Å². The Hall–Kier alpha value is -1.56. The molecule has 0 saturated carbocycles. The van der Waals surface area contributed by atoms with Crippen LogP contribution in [0.3, 0.4) is 0 Å². The number of carbonyl (C=O) groups excluding carboxylic acids is 1. The number of carbonyl (C=O) groups is 1. The lowest BCUT2D eigenvalue weighted by atomic mass is 10.2. The molecule has 2 aromatic rings. The van der Waals surface area contributed by atoms with Crippen molar-refractivity contribution >= 4 is 58.8 Å². The van der Waals surface area contributed by atoms with Crippen LogP contribution in [0.5, 0.6) is 5.75 Å². The molecule has 10 heteroatoms. The second-order valence-electron chi connectivity index (χ2n) is 6.46. The van der Waals surface area contributed by atoms with Gasteiger partial charge in [-0.25, -0.2) is 4.99 Å². The maximum atomic E-state index is 11.7. The van der Waals surface area contributed by atoms with Gasteiger partial charge in [0, 0.05) is 32.1 Å². The number of benzene rings is 1. The molecule has 166 valence electrons. The minimum atomic E-state index is -0.665. The van der Waals surface area contributed by atoms with Gasteiger partial charge in [0.15, 0.2) is 12.6 Å². The summed E-state index contributed by atoms with van der Waals surface area (Å²) in [6.07, 6.45) is -0.665. The van der Waals surface area contributed by atoms with E-state index >= 15 is 0 Å². The Labute approximate surface area is 203 Å². The van der Waals surface area contributed by atoms with Gasteiger partial charge in [-0.1, -0.05) is 23.7 Å². The number of thiophene rings is 1. The molecule has 2 rings (SSSR count). The number of hydrogen-bond acceptors (Lipinski definition) is 5. The smallest absolute Gasteiger partial charge is 0.259 e. The summed E-state index contributed by atoms with van der Waals surface area (Å²) < 4.78 is 6.19. The molecule has 0 aliphatic heterocycles. The largest absolute Gasteiger partial charge is 0.484 e. The first-order valence-electron chi connectivity index (χ1n) is 9.26. The van der Waals surface area contributed by atoms with Gasteiger partial charge < -0.3 is 25.4 Å². The number of ether oxygens (including phenoxy) is 1. The molecular weight excluding hydrogens is 539 g/mol. The van der Waals surface area contributed by atoms with Gasteiger partial charge in [0.1, 0.15) is 11.9 Å². The first-order valence-corrected chi connectivity index (χ1v) is 10.5. The predicted molar refractivity (Wildman–Crippen MR) is 133 cm³/mol. The van der Waals surface area contributed by atoms with E-state index < -0.39 is 6.10 Å². The van der Waals surface area contributed by atoms with E-state index in [1.807, 2.05) is 37.3 Å². The average Bonchev–Trinajstić information content (AvgIpc) is 3.14. The van der Waals surface area contributed by atoms with Gasteiger partial charge in [-0.15, -0.1) is 35.3 Å². The normalized spacial score (nSPS) is 12.0. The molecule has 3 N–H and O–H groups in total. The van der Waals surface area contributed by atoms with Gasteiger partial charge in [-0.05, 0) is 36.8 Å². The Morgan fingerprint density at radius 2 is 2.07 bits per heavy atom. The van der Waals surface area contributed by atoms with E-state index in [9.17, 15) is 9.90 Å². The molecule has 30 heavy (non-hydrogen) atoms. The van der Waals surface area contributed by atoms with E-state index in [1.54, 1.807) is 20.2 Å². The van der Waals surface area contributed by atoms with Crippen LogP contribution in [0.25, 0.3) is 0 Å². The molecule has 0 aliphatic rings. The number of rotatable bonds is 9. The molecule has 1 aromatic heterocycles. The standard InChI is InChI=1S/C20H27ClN4O3S.HI/c1-4-22-20(24-12-16(26)17-8-9-18(21)29-17)23-11-14-6-5-7-15(10-14)28-13-19(27)25(2)3;/h5-10,16,26H,4,11-13H2,1-3H3,(H2,22,23,24);1H. The summed E-state index contributed by atoms with van der Waals surface area (Å²) in [7, 11) is 3.38. The van der Waals surface area contributed by atoms with Gasteiger partial charge in [-0.3, -0.25) is 4.79 Å². The lowest BCUT2D eigenvalue weighted by Gasteiger charge is -2.14. The van der Waals surface area contributed by atoms with Crippen LogP contribution in [0.1, 0.15) is 23.5 Å². The lowest BCUT2D eigenvalue weighted by Crippen LogP contribution is -2.39. The van der Waals surface area contributed by atoms with Gasteiger partial charge in [0.25, 0.3) is 5.91 Å². The maximum absolute atomic E-state index is 11.7. The third-order valence-corrected chi connectivity index (χ3v) is 5.24. The molecule has 1 aromatic carbocycles.